The molecule has 2 N–H and O–H groups in total. The minimum Gasteiger partial charge on any atom is -0.481 e. The standard InChI is InChI=1S/C15H18FNO3/c1-9-5-6-13(16)12(7-9)14(18)17-11-4-2-3-10(8-11)15(19)20/h5-7,10-11H,2-4,8H2,1H3,(H,17,18)(H,19,20). The third-order valence-electron chi connectivity index (χ3n) is 3.73. The number of benzene rings is 1. The van der Waals surface area contributed by atoms with Crippen molar-refractivity contribution in [2.75, 3.05) is 0 Å². The highest BCUT2D eigenvalue weighted by Gasteiger charge is 2.28. The van der Waals surface area contributed by atoms with Crippen molar-refractivity contribution in [3.05, 3.63) is 35.1 Å². The summed E-state index contributed by atoms with van der Waals surface area (Å²) in [6, 6.07) is 4.18. The molecule has 0 aromatic heterocycles. The minimum absolute atomic E-state index is 0.0162. The Morgan fingerprint density at radius 1 is 1.35 bits per heavy atom. The third kappa shape index (κ3) is 3.35. The summed E-state index contributed by atoms with van der Waals surface area (Å²) in [6.07, 6.45) is 2.55. The van der Waals surface area contributed by atoms with E-state index >= 15 is 0 Å². The van der Waals surface area contributed by atoms with Crippen molar-refractivity contribution >= 4 is 11.9 Å². The summed E-state index contributed by atoms with van der Waals surface area (Å²) in [5.41, 5.74) is 0.825. The average Bonchev–Trinajstić information content (AvgIpc) is 2.41. The van der Waals surface area contributed by atoms with Gasteiger partial charge in [0.15, 0.2) is 0 Å². The molecule has 2 atom stereocenters. The second-order valence-corrected chi connectivity index (χ2v) is 5.36. The van der Waals surface area contributed by atoms with E-state index < -0.39 is 23.6 Å². The van der Waals surface area contributed by atoms with Gasteiger partial charge in [-0.05, 0) is 38.3 Å². The molecule has 1 amide bonds. The Hall–Kier alpha value is -1.91. The first-order valence-corrected chi connectivity index (χ1v) is 6.77. The summed E-state index contributed by atoms with van der Waals surface area (Å²) in [6.45, 7) is 1.79. The number of carbonyl (C=O) groups excluding carboxylic acids is 1. The van der Waals surface area contributed by atoms with Crippen LogP contribution in [0, 0.1) is 18.7 Å². The molecule has 1 saturated carbocycles. The Labute approximate surface area is 117 Å². The molecule has 1 aliphatic rings. The molecule has 2 rings (SSSR count). The van der Waals surface area contributed by atoms with Gasteiger partial charge in [0.05, 0.1) is 11.5 Å². The molecule has 1 aromatic rings. The fourth-order valence-corrected chi connectivity index (χ4v) is 2.62. The maximum absolute atomic E-state index is 13.6. The average molecular weight is 279 g/mol. The van der Waals surface area contributed by atoms with Crippen molar-refractivity contribution in [1.82, 2.24) is 5.32 Å². The second kappa shape index (κ2) is 6.03. The first-order chi connectivity index (χ1) is 9.47. The van der Waals surface area contributed by atoms with Crippen molar-refractivity contribution in [2.45, 2.75) is 38.6 Å². The van der Waals surface area contributed by atoms with E-state index in [0.717, 1.165) is 18.4 Å². The monoisotopic (exact) mass is 279 g/mol. The van der Waals surface area contributed by atoms with Crippen LogP contribution in [0.15, 0.2) is 18.2 Å². The topological polar surface area (TPSA) is 66.4 Å². The van der Waals surface area contributed by atoms with E-state index in [1.165, 1.54) is 12.1 Å². The van der Waals surface area contributed by atoms with E-state index in [1.54, 1.807) is 13.0 Å². The smallest absolute Gasteiger partial charge is 0.306 e. The maximum Gasteiger partial charge on any atom is 0.306 e. The molecule has 0 saturated heterocycles. The Kier molecular flexibility index (Phi) is 4.37. The van der Waals surface area contributed by atoms with E-state index in [-0.39, 0.29) is 11.6 Å². The van der Waals surface area contributed by atoms with Crippen LogP contribution >= 0.6 is 0 Å². The van der Waals surface area contributed by atoms with E-state index in [9.17, 15) is 14.0 Å². The zero-order chi connectivity index (χ0) is 14.7. The zero-order valence-electron chi connectivity index (χ0n) is 11.4. The van der Waals surface area contributed by atoms with Gasteiger partial charge in [-0.25, -0.2) is 4.39 Å². The summed E-state index contributed by atoms with van der Waals surface area (Å²) >= 11 is 0. The van der Waals surface area contributed by atoms with Crippen molar-refractivity contribution in [2.24, 2.45) is 5.92 Å². The SMILES string of the molecule is Cc1ccc(F)c(C(=O)NC2CCCC(C(=O)O)C2)c1. The predicted molar refractivity (Wildman–Crippen MR) is 72.0 cm³/mol. The summed E-state index contributed by atoms with van der Waals surface area (Å²) in [5.74, 6) is -2.27. The van der Waals surface area contributed by atoms with Gasteiger partial charge in [-0.1, -0.05) is 18.1 Å². The van der Waals surface area contributed by atoms with Crippen LogP contribution in [0.2, 0.25) is 0 Å². The number of nitrogens with one attached hydrogen (secondary N) is 1. The van der Waals surface area contributed by atoms with Crippen LogP contribution in [-0.2, 0) is 4.79 Å². The van der Waals surface area contributed by atoms with Crippen molar-refractivity contribution in [3.63, 3.8) is 0 Å². The lowest BCUT2D eigenvalue weighted by Crippen LogP contribution is -2.40. The van der Waals surface area contributed by atoms with Gasteiger partial charge in [0.2, 0.25) is 0 Å². The van der Waals surface area contributed by atoms with Gasteiger partial charge in [0.25, 0.3) is 5.91 Å². The molecule has 1 aromatic carbocycles. The lowest BCUT2D eigenvalue weighted by Gasteiger charge is -2.27. The second-order valence-electron chi connectivity index (χ2n) is 5.36. The van der Waals surface area contributed by atoms with Crippen LogP contribution in [0.4, 0.5) is 4.39 Å². The van der Waals surface area contributed by atoms with E-state index in [4.69, 9.17) is 5.11 Å². The first-order valence-electron chi connectivity index (χ1n) is 6.77. The van der Waals surface area contributed by atoms with Gasteiger partial charge in [-0.3, -0.25) is 9.59 Å². The molecule has 0 radical (unpaired) electrons. The number of hydrogen-bond donors (Lipinski definition) is 2. The van der Waals surface area contributed by atoms with Gasteiger partial charge in [-0.2, -0.15) is 0 Å². The molecule has 0 heterocycles. The number of aryl methyl sites for hydroxylation is 1. The van der Waals surface area contributed by atoms with E-state index in [1.807, 2.05) is 0 Å². The lowest BCUT2D eigenvalue weighted by molar-refractivity contribution is -0.143. The summed E-state index contributed by atoms with van der Waals surface area (Å²) in [4.78, 5) is 23.0. The molecule has 1 aliphatic carbocycles. The fraction of sp³-hybridized carbons (Fsp3) is 0.467. The number of rotatable bonds is 3. The summed E-state index contributed by atoms with van der Waals surface area (Å²) < 4.78 is 13.6. The van der Waals surface area contributed by atoms with Crippen LogP contribution in [-0.4, -0.2) is 23.0 Å². The Morgan fingerprint density at radius 2 is 2.10 bits per heavy atom. The van der Waals surface area contributed by atoms with Gasteiger partial charge in [-0.15, -0.1) is 0 Å². The normalized spacial score (nSPS) is 22.3. The molecular formula is C15H18FNO3. The highest BCUT2D eigenvalue weighted by molar-refractivity contribution is 5.94. The Bertz CT molecular complexity index is 530. The highest BCUT2D eigenvalue weighted by Crippen LogP contribution is 2.25. The van der Waals surface area contributed by atoms with Gasteiger partial charge in [0.1, 0.15) is 5.82 Å². The van der Waals surface area contributed by atoms with Gasteiger partial charge < -0.3 is 10.4 Å². The molecule has 4 nitrogen and oxygen atoms in total. The molecule has 5 heteroatoms. The fourth-order valence-electron chi connectivity index (χ4n) is 2.62. The molecule has 108 valence electrons. The van der Waals surface area contributed by atoms with Crippen LogP contribution in [0.1, 0.15) is 41.6 Å². The van der Waals surface area contributed by atoms with Crippen molar-refractivity contribution in [1.29, 1.82) is 0 Å². The van der Waals surface area contributed by atoms with Gasteiger partial charge in [0, 0.05) is 6.04 Å². The number of carboxylic acids is 1. The number of halogens is 1. The number of aliphatic carboxylic acids is 1. The minimum atomic E-state index is -0.828. The summed E-state index contributed by atoms with van der Waals surface area (Å²) in [7, 11) is 0. The van der Waals surface area contributed by atoms with Crippen molar-refractivity contribution in [3.8, 4) is 0 Å². The number of amides is 1. The van der Waals surface area contributed by atoms with Crippen LogP contribution in [0.25, 0.3) is 0 Å². The molecule has 2 unspecified atom stereocenters. The Balaban J connectivity index is 2.04. The highest BCUT2D eigenvalue weighted by atomic mass is 19.1. The number of carboxylic acid groups (broad SMARTS) is 1. The van der Waals surface area contributed by atoms with Crippen LogP contribution < -0.4 is 5.32 Å². The van der Waals surface area contributed by atoms with Crippen LogP contribution in [0.5, 0.6) is 0 Å². The first kappa shape index (κ1) is 14.5. The molecule has 20 heavy (non-hydrogen) atoms. The number of carbonyl (C=O) groups is 2. The van der Waals surface area contributed by atoms with Crippen LogP contribution in [0.3, 0.4) is 0 Å². The maximum atomic E-state index is 13.6. The zero-order valence-corrected chi connectivity index (χ0v) is 11.4. The largest absolute Gasteiger partial charge is 0.481 e. The molecular weight excluding hydrogens is 261 g/mol. The van der Waals surface area contributed by atoms with Gasteiger partial charge >= 0.3 is 5.97 Å². The van der Waals surface area contributed by atoms with E-state index in [0.29, 0.717) is 12.8 Å². The third-order valence-corrected chi connectivity index (χ3v) is 3.73. The molecule has 0 spiro atoms. The molecule has 0 aliphatic heterocycles. The quantitative estimate of drug-likeness (QED) is 0.893. The Morgan fingerprint density at radius 3 is 2.80 bits per heavy atom. The predicted octanol–water partition coefficient (Wildman–Crippen LogP) is 2.51. The van der Waals surface area contributed by atoms with E-state index in [2.05, 4.69) is 5.32 Å². The lowest BCUT2D eigenvalue weighted by atomic mass is 9.85. The molecule has 1 fully saturated rings. The number of hydrogen-bond acceptors (Lipinski definition) is 2. The molecule has 0 bridgehead atoms. The van der Waals surface area contributed by atoms with Crippen molar-refractivity contribution < 1.29 is 19.1 Å². The summed E-state index contributed by atoms with van der Waals surface area (Å²) in [5, 5.41) is 11.8.